The van der Waals surface area contributed by atoms with Crippen LogP contribution in [0.25, 0.3) is 15.6 Å². The van der Waals surface area contributed by atoms with E-state index in [0.29, 0.717) is 11.7 Å². The van der Waals surface area contributed by atoms with E-state index < -0.39 is 0 Å². The molecule has 3 rings (SSSR count). The van der Waals surface area contributed by atoms with E-state index in [0.717, 1.165) is 32.4 Å². The van der Waals surface area contributed by atoms with Gasteiger partial charge in [0.15, 0.2) is 0 Å². The molecule has 2 aromatic rings. The summed E-state index contributed by atoms with van der Waals surface area (Å²) in [5.41, 5.74) is 0. The first-order chi connectivity index (χ1) is 8.74. The Morgan fingerprint density at radius 3 is 3.06 bits per heavy atom. The number of hydrogen-bond acceptors (Lipinski definition) is 6. The predicted octanol–water partition coefficient (Wildman–Crippen LogP) is 4.01. The molecule has 0 N–H and O–H groups in total. The van der Waals surface area contributed by atoms with Crippen molar-refractivity contribution in [3.8, 4) is 10.7 Å². The van der Waals surface area contributed by atoms with Gasteiger partial charge in [-0.25, -0.2) is 0 Å². The Bertz CT molecular complexity index is 606. The molecule has 4 nitrogen and oxygen atoms in total. The van der Waals surface area contributed by atoms with Gasteiger partial charge in [-0.1, -0.05) is 5.16 Å². The number of thioether (sulfide) groups is 1. The van der Waals surface area contributed by atoms with Gasteiger partial charge < -0.3 is 9.26 Å². The molecule has 1 aliphatic rings. The molecule has 0 aliphatic carbocycles. The largest absolute Gasteiger partial charge is 0.496 e. The molecule has 0 amide bonds. The molecule has 3 heterocycles. The SMILES string of the molecule is CC1=C(c2nc(-c3cc(Br)cs3)no2)SCCO1. The fourth-order valence-corrected chi connectivity index (χ4v) is 3.76. The predicted molar refractivity (Wildman–Crippen MR) is 76.3 cm³/mol. The average Bonchev–Trinajstić information content (AvgIpc) is 2.98. The van der Waals surface area contributed by atoms with Gasteiger partial charge in [0.1, 0.15) is 10.7 Å². The van der Waals surface area contributed by atoms with Crippen molar-refractivity contribution in [1.29, 1.82) is 0 Å². The second kappa shape index (κ2) is 5.07. The van der Waals surface area contributed by atoms with Gasteiger partial charge in [-0.3, -0.25) is 0 Å². The molecule has 0 fully saturated rings. The van der Waals surface area contributed by atoms with E-state index in [-0.39, 0.29) is 0 Å². The Balaban J connectivity index is 1.94. The van der Waals surface area contributed by atoms with Crippen LogP contribution in [0, 0.1) is 0 Å². The maximum absolute atomic E-state index is 5.49. The van der Waals surface area contributed by atoms with Gasteiger partial charge in [0.25, 0.3) is 5.89 Å². The number of ether oxygens (including phenoxy) is 1. The Morgan fingerprint density at radius 1 is 1.44 bits per heavy atom. The van der Waals surface area contributed by atoms with Gasteiger partial charge in [0.05, 0.1) is 11.5 Å². The van der Waals surface area contributed by atoms with Crippen LogP contribution in [0.1, 0.15) is 12.8 Å². The first-order valence-electron chi connectivity index (χ1n) is 5.29. The number of nitrogens with zero attached hydrogens (tertiary/aromatic N) is 2. The zero-order valence-corrected chi connectivity index (χ0v) is 12.7. The standard InChI is InChI=1S/C11H9BrN2O2S2/c1-6-9(17-3-2-15-6)11-13-10(14-16-11)8-4-7(12)5-18-8/h4-5H,2-3H2,1H3. The highest BCUT2D eigenvalue weighted by molar-refractivity contribution is 9.10. The first kappa shape index (κ1) is 12.3. The van der Waals surface area contributed by atoms with Crippen molar-refractivity contribution < 1.29 is 9.26 Å². The molecule has 0 saturated heterocycles. The van der Waals surface area contributed by atoms with Crippen molar-refractivity contribution in [3.05, 3.63) is 27.6 Å². The molecule has 0 unspecified atom stereocenters. The summed E-state index contributed by atoms with van der Waals surface area (Å²) in [6.07, 6.45) is 0. The molecule has 2 aromatic heterocycles. The number of rotatable bonds is 2. The van der Waals surface area contributed by atoms with Crippen molar-refractivity contribution >= 4 is 43.9 Å². The van der Waals surface area contributed by atoms with Crippen molar-refractivity contribution in [1.82, 2.24) is 10.1 Å². The zero-order valence-electron chi connectivity index (χ0n) is 9.47. The van der Waals surface area contributed by atoms with Crippen molar-refractivity contribution in [2.24, 2.45) is 0 Å². The third kappa shape index (κ3) is 2.34. The van der Waals surface area contributed by atoms with Gasteiger partial charge in [0.2, 0.25) is 5.82 Å². The van der Waals surface area contributed by atoms with E-state index in [1.54, 1.807) is 23.1 Å². The molecule has 7 heteroatoms. The summed E-state index contributed by atoms with van der Waals surface area (Å²) in [7, 11) is 0. The first-order valence-corrected chi connectivity index (χ1v) is 7.95. The molecular formula is C11H9BrN2O2S2. The van der Waals surface area contributed by atoms with Crippen LogP contribution in [0.5, 0.6) is 0 Å². The Hall–Kier alpha value is -0.790. The zero-order chi connectivity index (χ0) is 12.5. The Labute approximate surface area is 121 Å². The van der Waals surface area contributed by atoms with Crippen LogP contribution in [0.3, 0.4) is 0 Å². The van der Waals surface area contributed by atoms with Crippen LogP contribution >= 0.6 is 39.0 Å². The summed E-state index contributed by atoms with van der Waals surface area (Å²) in [5.74, 6) is 2.92. The van der Waals surface area contributed by atoms with Crippen molar-refractivity contribution in [3.63, 3.8) is 0 Å². The van der Waals surface area contributed by atoms with E-state index in [1.807, 2.05) is 18.4 Å². The summed E-state index contributed by atoms with van der Waals surface area (Å²) in [5, 5.41) is 6.00. The van der Waals surface area contributed by atoms with E-state index in [4.69, 9.17) is 9.26 Å². The van der Waals surface area contributed by atoms with Crippen LogP contribution < -0.4 is 0 Å². The molecule has 0 saturated carbocycles. The molecule has 0 aromatic carbocycles. The lowest BCUT2D eigenvalue weighted by Crippen LogP contribution is -2.04. The lowest BCUT2D eigenvalue weighted by atomic mass is 10.4. The highest BCUT2D eigenvalue weighted by Crippen LogP contribution is 2.35. The van der Waals surface area contributed by atoms with Crippen molar-refractivity contribution in [2.75, 3.05) is 12.4 Å². The van der Waals surface area contributed by atoms with E-state index in [2.05, 4.69) is 26.1 Å². The van der Waals surface area contributed by atoms with Gasteiger partial charge in [-0.2, -0.15) is 4.98 Å². The molecule has 0 bridgehead atoms. The third-order valence-electron chi connectivity index (χ3n) is 2.38. The van der Waals surface area contributed by atoms with Crippen molar-refractivity contribution in [2.45, 2.75) is 6.92 Å². The number of thiophene rings is 1. The Morgan fingerprint density at radius 2 is 2.33 bits per heavy atom. The van der Waals surface area contributed by atoms with Gasteiger partial charge in [0, 0.05) is 15.6 Å². The average molecular weight is 345 g/mol. The number of hydrogen-bond donors (Lipinski definition) is 0. The van der Waals surface area contributed by atoms with E-state index in [1.165, 1.54) is 0 Å². The summed E-state index contributed by atoms with van der Waals surface area (Å²) >= 11 is 6.68. The molecule has 0 spiro atoms. The second-order valence-electron chi connectivity index (χ2n) is 3.63. The van der Waals surface area contributed by atoms with Crippen LogP contribution in [0.15, 0.2) is 26.2 Å². The minimum atomic E-state index is 0.539. The lowest BCUT2D eigenvalue weighted by molar-refractivity contribution is 0.233. The van der Waals surface area contributed by atoms with E-state index in [9.17, 15) is 0 Å². The molecule has 18 heavy (non-hydrogen) atoms. The van der Waals surface area contributed by atoms with Crippen LogP contribution in [0.2, 0.25) is 0 Å². The second-order valence-corrected chi connectivity index (χ2v) is 6.57. The molecule has 1 aliphatic heterocycles. The molecule has 94 valence electrons. The van der Waals surface area contributed by atoms with Crippen LogP contribution in [-0.2, 0) is 4.74 Å². The fourth-order valence-electron chi connectivity index (χ4n) is 1.56. The quantitative estimate of drug-likeness (QED) is 0.823. The third-order valence-corrected chi connectivity index (χ3v) is 5.18. The highest BCUT2D eigenvalue weighted by Gasteiger charge is 2.20. The van der Waals surface area contributed by atoms with E-state index >= 15 is 0 Å². The number of halogens is 1. The van der Waals surface area contributed by atoms with Crippen LogP contribution in [-0.4, -0.2) is 22.5 Å². The number of aromatic nitrogens is 2. The van der Waals surface area contributed by atoms with Gasteiger partial charge in [-0.15, -0.1) is 23.1 Å². The lowest BCUT2D eigenvalue weighted by Gasteiger charge is -2.15. The summed E-state index contributed by atoms with van der Waals surface area (Å²) in [6, 6.07) is 1.98. The highest BCUT2D eigenvalue weighted by atomic mass is 79.9. The smallest absolute Gasteiger partial charge is 0.268 e. The van der Waals surface area contributed by atoms with Crippen LogP contribution in [0.4, 0.5) is 0 Å². The molecule has 0 radical (unpaired) electrons. The maximum Gasteiger partial charge on any atom is 0.268 e. The monoisotopic (exact) mass is 344 g/mol. The Kier molecular flexibility index (Phi) is 3.45. The molecular weight excluding hydrogens is 336 g/mol. The summed E-state index contributed by atoms with van der Waals surface area (Å²) < 4.78 is 11.8. The topological polar surface area (TPSA) is 48.2 Å². The van der Waals surface area contributed by atoms with Gasteiger partial charge >= 0.3 is 0 Å². The summed E-state index contributed by atoms with van der Waals surface area (Å²) in [6.45, 7) is 2.66. The minimum absolute atomic E-state index is 0.539. The maximum atomic E-state index is 5.49. The summed E-state index contributed by atoms with van der Waals surface area (Å²) in [4.78, 5) is 6.34. The van der Waals surface area contributed by atoms with Gasteiger partial charge in [-0.05, 0) is 28.9 Å². The molecule has 0 atom stereocenters. The number of allylic oxidation sites excluding steroid dienone is 1. The fraction of sp³-hybridized carbons (Fsp3) is 0.273. The normalized spacial score (nSPS) is 15.9. The minimum Gasteiger partial charge on any atom is -0.496 e.